The Morgan fingerprint density at radius 1 is 1.38 bits per heavy atom. The minimum absolute atomic E-state index is 0.131. The summed E-state index contributed by atoms with van der Waals surface area (Å²) in [6.45, 7) is 2.41. The van der Waals surface area contributed by atoms with Gasteiger partial charge in [0.25, 0.3) is 5.91 Å². The standard InChI is InChI=1S/C17H15FN6OS/c1-11(6-23-10-19-9-20-23)21-16(25)15-8-26-17-22-14(7-24(15)17)12-4-2-3-5-13(12)18/h2-5,7-11H,6H2,1H3,(H,21,25). The van der Waals surface area contributed by atoms with E-state index in [1.807, 2.05) is 6.92 Å². The van der Waals surface area contributed by atoms with Gasteiger partial charge in [-0.15, -0.1) is 11.3 Å². The number of carbonyl (C=O) groups excluding carboxylic acids is 1. The third-order valence-corrected chi connectivity index (χ3v) is 4.74. The van der Waals surface area contributed by atoms with Gasteiger partial charge in [0.1, 0.15) is 24.2 Å². The number of nitrogens with zero attached hydrogens (tertiary/aromatic N) is 5. The summed E-state index contributed by atoms with van der Waals surface area (Å²) in [5.41, 5.74) is 1.37. The third-order valence-electron chi connectivity index (χ3n) is 3.90. The maximum Gasteiger partial charge on any atom is 0.269 e. The van der Waals surface area contributed by atoms with Crippen LogP contribution in [0, 0.1) is 5.82 Å². The van der Waals surface area contributed by atoms with Crippen molar-refractivity contribution in [1.82, 2.24) is 29.5 Å². The Morgan fingerprint density at radius 2 is 2.23 bits per heavy atom. The Balaban J connectivity index is 1.57. The summed E-state index contributed by atoms with van der Waals surface area (Å²) < 4.78 is 17.3. The van der Waals surface area contributed by atoms with E-state index in [4.69, 9.17) is 0 Å². The first-order chi connectivity index (χ1) is 12.6. The highest BCUT2D eigenvalue weighted by Crippen LogP contribution is 2.25. The van der Waals surface area contributed by atoms with E-state index in [1.54, 1.807) is 45.2 Å². The van der Waals surface area contributed by atoms with Crippen LogP contribution in [0.1, 0.15) is 17.4 Å². The van der Waals surface area contributed by atoms with Gasteiger partial charge in [-0.3, -0.25) is 13.9 Å². The molecule has 7 nitrogen and oxygen atoms in total. The van der Waals surface area contributed by atoms with Gasteiger partial charge in [0, 0.05) is 23.2 Å². The van der Waals surface area contributed by atoms with Crippen molar-refractivity contribution < 1.29 is 9.18 Å². The van der Waals surface area contributed by atoms with Gasteiger partial charge < -0.3 is 5.32 Å². The molecule has 0 aliphatic carbocycles. The lowest BCUT2D eigenvalue weighted by molar-refractivity contribution is 0.0930. The Morgan fingerprint density at radius 3 is 3.00 bits per heavy atom. The lowest BCUT2D eigenvalue weighted by atomic mass is 10.1. The lowest BCUT2D eigenvalue weighted by Crippen LogP contribution is -2.36. The van der Waals surface area contributed by atoms with Crippen LogP contribution >= 0.6 is 11.3 Å². The zero-order valence-electron chi connectivity index (χ0n) is 13.8. The van der Waals surface area contributed by atoms with Crippen molar-refractivity contribution >= 4 is 22.2 Å². The highest BCUT2D eigenvalue weighted by atomic mass is 32.1. The molecule has 9 heteroatoms. The summed E-state index contributed by atoms with van der Waals surface area (Å²) in [5, 5.41) is 8.70. The number of aromatic nitrogens is 5. The number of halogens is 1. The lowest BCUT2D eigenvalue weighted by Gasteiger charge is -2.13. The molecule has 4 rings (SSSR count). The molecule has 1 N–H and O–H groups in total. The molecule has 0 bridgehead atoms. The highest BCUT2D eigenvalue weighted by molar-refractivity contribution is 7.15. The van der Waals surface area contributed by atoms with E-state index < -0.39 is 0 Å². The molecule has 1 aromatic carbocycles. The highest BCUT2D eigenvalue weighted by Gasteiger charge is 2.18. The van der Waals surface area contributed by atoms with Crippen molar-refractivity contribution in [3.05, 3.63) is 60.0 Å². The van der Waals surface area contributed by atoms with Crippen LogP contribution in [0.15, 0.2) is 48.5 Å². The number of rotatable bonds is 5. The minimum Gasteiger partial charge on any atom is -0.346 e. The van der Waals surface area contributed by atoms with Crippen LogP contribution in [0.2, 0.25) is 0 Å². The topological polar surface area (TPSA) is 77.1 Å². The molecule has 26 heavy (non-hydrogen) atoms. The summed E-state index contributed by atoms with van der Waals surface area (Å²) in [6.07, 6.45) is 4.73. The van der Waals surface area contributed by atoms with Gasteiger partial charge in [-0.25, -0.2) is 14.4 Å². The van der Waals surface area contributed by atoms with Gasteiger partial charge in [0.2, 0.25) is 0 Å². The summed E-state index contributed by atoms with van der Waals surface area (Å²) in [4.78, 5) is 21.5. The van der Waals surface area contributed by atoms with E-state index in [-0.39, 0.29) is 17.8 Å². The summed E-state index contributed by atoms with van der Waals surface area (Å²) in [7, 11) is 0. The van der Waals surface area contributed by atoms with Crippen LogP contribution in [-0.4, -0.2) is 36.1 Å². The molecule has 3 aromatic heterocycles. The van der Waals surface area contributed by atoms with Crippen LogP contribution in [0.4, 0.5) is 4.39 Å². The second kappa shape index (κ2) is 6.68. The van der Waals surface area contributed by atoms with Crippen molar-refractivity contribution in [3.8, 4) is 11.3 Å². The van der Waals surface area contributed by atoms with Gasteiger partial charge in [-0.2, -0.15) is 5.10 Å². The SMILES string of the molecule is CC(Cn1cncn1)NC(=O)c1csc2nc(-c3ccccc3F)cn12. The zero-order chi connectivity index (χ0) is 18.1. The normalized spacial score (nSPS) is 12.4. The van der Waals surface area contributed by atoms with Gasteiger partial charge in [-0.05, 0) is 19.1 Å². The Bertz CT molecular complexity index is 1050. The number of imidazole rings is 1. The minimum atomic E-state index is -0.342. The largest absolute Gasteiger partial charge is 0.346 e. The van der Waals surface area contributed by atoms with Crippen molar-refractivity contribution in [2.45, 2.75) is 19.5 Å². The number of nitrogens with one attached hydrogen (secondary N) is 1. The fourth-order valence-electron chi connectivity index (χ4n) is 2.70. The summed E-state index contributed by atoms with van der Waals surface area (Å²) >= 11 is 1.34. The van der Waals surface area contributed by atoms with Crippen molar-refractivity contribution in [3.63, 3.8) is 0 Å². The molecule has 132 valence electrons. The van der Waals surface area contributed by atoms with Crippen LogP contribution in [0.25, 0.3) is 16.2 Å². The van der Waals surface area contributed by atoms with Crippen molar-refractivity contribution in [2.75, 3.05) is 0 Å². The Kier molecular flexibility index (Phi) is 4.21. The van der Waals surface area contributed by atoms with Crippen molar-refractivity contribution in [2.24, 2.45) is 0 Å². The third kappa shape index (κ3) is 3.08. The van der Waals surface area contributed by atoms with E-state index in [9.17, 15) is 9.18 Å². The van der Waals surface area contributed by atoms with Gasteiger partial charge >= 0.3 is 0 Å². The molecule has 4 aromatic rings. The molecular weight excluding hydrogens is 355 g/mol. The fraction of sp³-hybridized carbons (Fsp3) is 0.176. The van der Waals surface area contributed by atoms with E-state index >= 15 is 0 Å². The van der Waals surface area contributed by atoms with E-state index in [0.717, 1.165) is 0 Å². The second-order valence-corrected chi connectivity index (χ2v) is 6.71. The zero-order valence-corrected chi connectivity index (χ0v) is 14.7. The maximum absolute atomic E-state index is 14.0. The monoisotopic (exact) mass is 370 g/mol. The fourth-order valence-corrected chi connectivity index (χ4v) is 3.55. The molecule has 1 amide bonds. The Labute approximate surface area is 152 Å². The molecule has 0 aliphatic heterocycles. The predicted molar refractivity (Wildman–Crippen MR) is 95.4 cm³/mol. The van der Waals surface area contributed by atoms with E-state index in [1.165, 1.54) is 23.7 Å². The Hall–Kier alpha value is -3.07. The molecule has 0 saturated carbocycles. The number of amides is 1. The number of thiazole rings is 1. The molecule has 1 atom stereocenters. The molecule has 0 saturated heterocycles. The first-order valence-corrected chi connectivity index (χ1v) is 8.84. The molecule has 0 spiro atoms. The van der Waals surface area contributed by atoms with Crippen LogP contribution in [0.3, 0.4) is 0 Å². The first-order valence-electron chi connectivity index (χ1n) is 7.96. The number of hydrogen-bond donors (Lipinski definition) is 1. The van der Waals surface area contributed by atoms with Crippen LogP contribution in [-0.2, 0) is 6.54 Å². The maximum atomic E-state index is 14.0. The quantitative estimate of drug-likeness (QED) is 0.586. The second-order valence-electron chi connectivity index (χ2n) is 5.87. The molecule has 0 radical (unpaired) electrons. The van der Waals surface area contributed by atoms with E-state index in [2.05, 4.69) is 20.4 Å². The average Bonchev–Trinajstić information content (AvgIpc) is 3.31. The van der Waals surface area contributed by atoms with E-state index in [0.29, 0.717) is 28.5 Å². The predicted octanol–water partition coefficient (Wildman–Crippen LogP) is 2.61. The number of benzene rings is 1. The number of fused-ring (bicyclic) bond motifs is 1. The van der Waals surface area contributed by atoms with Crippen LogP contribution < -0.4 is 5.32 Å². The summed E-state index contributed by atoms with van der Waals surface area (Å²) in [5.74, 6) is -0.563. The molecular formula is C17H15FN6OS. The number of hydrogen-bond acceptors (Lipinski definition) is 5. The van der Waals surface area contributed by atoms with Gasteiger partial charge in [0.05, 0.1) is 12.2 Å². The molecule has 3 heterocycles. The van der Waals surface area contributed by atoms with Crippen molar-refractivity contribution in [1.29, 1.82) is 0 Å². The first kappa shape index (κ1) is 16.4. The van der Waals surface area contributed by atoms with Gasteiger partial charge in [-0.1, -0.05) is 12.1 Å². The number of carbonyl (C=O) groups is 1. The average molecular weight is 370 g/mol. The van der Waals surface area contributed by atoms with Gasteiger partial charge in [0.15, 0.2) is 4.96 Å². The van der Waals surface area contributed by atoms with Crippen LogP contribution in [0.5, 0.6) is 0 Å². The molecule has 0 aliphatic rings. The summed E-state index contributed by atoms with van der Waals surface area (Å²) in [6, 6.07) is 6.32. The molecule has 1 unspecified atom stereocenters. The molecule has 0 fully saturated rings. The smallest absolute Gasteiger partial charge is 0.269 e.